The van der Waals surface area contributed by atoms with Gasteiger partial charge in [0.05, 0.1) is 18.8 Å². The van der Waals surface area contributed by atoms with Crippen LogP contribution in [0.2, 0.25) is 0 Å². The molecule has 0 N–H and O–H groups in total. The lowest BCUT2D eigenvalue weighted by atomic mass is 10.0. The fourth-order valence-corrected chi connectivity index (χ4v) is 1.81. The number of aromatic nitrogens is 1. The van der Waals surface area contributed by atoms with E-state index in [0.717, 1.165) is 18.5 Å². The highest BCUT2D eigenvalue weighted by molar-refractivity contribution is 5.93. The van der Waals surface area contributed by atoms with Crippen molar-refractivity contribution in [2.75, 3.05) is 25.2 Å². The SMILES string of the molecule is CCC(CC)C(=O)N(CCOC)c1nc(C)co1. The summed E-state index contributed by atoms with van der Waals surface area (Å²) in [6.45, 7) is 6.80. The van der Waals surface area contributed by atoms with Crippen molar-refractivity contribution in [1.82, 2.24) is 4.98 Å². The first-order valence-corrected chi connectivity index (χ1v) is 6.36. The summed E-state index contributed by atoms with van der Waals surface area (Å²) >= 11 is 0. The first kappa shape index (κ1) is 14.7. The van der Waals surface area contributed by atoms with Gasteiger partial charge in [-0.3, -0.25) is 9.69 Å². The Labute approximate surface area is 108 Å². The average Bonchev–Trinajstić information content (AvgIpc) is 2.78. The maximum absolute atomic E-state index is 12.4. The molecule has 0 saturated carbocycles. The summed E-state index contributed by atoms with van der Waals surface area (Å²) in [5.74, 6) is 0.0629. The van der Waals surface area contributed by atoms with Gasteiger partial charge in [-0.2, -0.15) is 4.98 Å². The van der Waals surface area contributed by atoms with Crippen molar-refractivity contribution < 1.29 is 13.9 Å². The van der Waals surface area contributed by atoms with Gasteiger partial charge in [0.1, 0.15) is 6.26 Å². The summed E-state index contributed by atoms with van der Waals surface area (Å²) in [6.07, 6.45) is 3.19. The summed E-state index contributed by atoms with van der Waals surface area (Å²) < 4.78 is 10.4. The van der Waals surface area contributed by atoms with E-state index in [9.17, 15) is 4.79 Å². The number of anilines is 1. The zero-order chi connectivity index (χ0) is 13.5. The van der Waals surface area contributed by atoms with Gasteiger partial charge >= 0.3 is 6.01 Å². The van der Waals surface area contributed by atoms with Crippen molar-refractivity contribution in [3.05, 3.63) is 12.0 Å². The Bertz CT molecular complexity index is 372. The molecule has 0 atom stereocenters. The zero-order valence-corrected chi connectivity index (χ0v) is 11.6. The second kappa shape index (κ2) is 7.16. The molecule has 0 unspecified atom stereocenters. The molecular weight excluding hydrogens is 232 g/mol. The van der Waals surface area contributed by atoms with E-state index < -0.39 is 0 Å². The molecule has 1 heterocycles. The number of hydrogen-bond acceptors (Lipinski definition) is 4. The van der Waals surface area contributed by atoms with Crippen LogP contribution in [0.3, 0.4) is 0 Å². The molecule has 102 valence electrons. The Balaban J connectivity index is 2.87. The van der Waals surface area contributed by atoms with Gasteiger partial charge in [-0.05, 0) is 19.8 Å². The minimum Gasteiger partial charge on any atom is -0.431 e. The lowest BCUT2D eigenvalue weighted by Gasteiger charge is -2.22. The third-order valence-electron chi connectivity index (χ3n) is 2.96. The third kappa shape index (κ3) is 3.57. The van der Waals surface area contributed by atoms with E-state index in [4.69, 9.17) is 9.15 Å². The van der Waals surface area contributed by atoms with Crippen LogP contribution in [0.4, 0.5) is 6.01 Å². The summed E-state index contributed by atoms with van der Waals surface area (Å²) in [4.78, 5) is 18.2. The minimum atomic E-state index is 0.00839. The molecule has 5 heteroatoms. The highest BCUT2D eigenvalue weighted by Gasteiger charge is 2.25. The molecular formula is C13H22N2O3. The van der Waals surface area contributed by atoms with Gasteiger partial charge in [-0.25, -0.2) is 0 Å². The zero-order valence-electron chi connectivity index (χ0n) is 11.6. The van der Waals surface area contributed by atoms with Crippen LogP contribution in [-0.2, 0) is 9.53 Å². The summed E-state index contributed by atoms with van der Waals surface area (Å²) in [5.41, 5.74) is 0.768. The predicted molar refractivity (Wildman–Crippen MR) is 69.5 cm³/mol. The van der Waals surface area contributed by atoms with Crippen LogP contribution < -0.4 is 4.90 Å². The van der Waals surface area contributed by atoms with Crippen LogP contribution in [0, 0.1) is 12.8 Å². The molecule has 0 aliphatic heterocycles. The monoisotopic (exact) mass is 254 g/mol. The van der Waals surface area contributed by atoms with Crippen LogP contribution in [0.15, 0.2) is 10.7 Å². The lowest BCUT2D eigenvalue weighted by Crippen LogP contribution is -2.38. The molecule has 1 aromatic heterocycles. The number of aryl methyl sites for hydroxylation is 1. The Morgan fingerprint density at radius 3 is 2.61 bits per heavy atom. The van der Waals surface area contributed by atoms with Crippen LogP contribution in [0.1, 0.15) is 32.4 Å². The fraction of sp³-hybridized carbons (Fsp3) is 0.692. The quantitative estimate of drug-likeness (QED) is 0.749. The first-order chi connectivity index (χ1) is 8.63. The van der Waals surface area contributed by atoms with E-state index >= 15 is 0 Å². The molecule has 0 aromatic carbocycles. The van der Waals surface area contributed by atoms with Gasteiger partial charge in [0.2, 0.25) is 5.91 Å². The molecule has 1 rings (SSSR count). The van der Waals surface area contributed by atoms with E-state index in [1.54, 1.807) is 18.3 Å². The Morgan fingerprint density at radius 1 is 1.50 bits per heavy atom. The summed E-state index contributed by atoms with van der Waals surface area (Å²) in [7, 11) is 1.61. The van der Waals surface area contributed by atoms with Gasteiger partial charge in [0.15, 0.2) is 0 Å². The molecule has 0 spiro atoms. The minimum absolute atomic E-state index is 0.00839. The maximum atomic E-state index is 12.4. The molecule has 0 radical (unpaired) electrons. The number of carbonyl (C=O) groups excluding carboxylic acids is 1. The Kier molecular flexibility index (Phi) is 5.85. The van der Waals surface area contributed by atoms with Gasteiger partial charge < -0.3 is 9.15 Å². The molecule has 0 aliphatic rings. The Hall–Kier alpha value is -1.36. The van der Waals surface area contributed by atoms with Crippen LogP contribution in [0.5, 0.6) is 0 Å². The number of oxazole rings is 1. The second-order valence-corrected chi connectivity index (χ2v) is 4.27. The molecule has 5 nitrogen and oxygen atoms in total. The van der Waals surface area contributed by atoms with Crippen LogP contribution in [-0.4, -0.2) is 31.2 Å². The van der Waals surface area contributed by atoms with E-state index in [1.165, 1.54) is 0 Å². The van der Waals surface area contributed by atoms with Gasteiger partial charge in [-0.15, -0.1) is 0 Å². The number of rotatable bonds is 7. The first-order valence-electron chi connectivity index (χ1n) is 6.36. The summed E-state index contributed by atoms with van der Waals surface area (Å²) in [6, 6.07) is 0.362. The highest BCUT2D eigenvalue weighted by Crippen LogP contribution is 2.19. The van der Waals surface area contributed by atoms with Gasteiger partial charge in [0.25, 0.3) is 0 Å². The van der Waals surface area contributed by atoms with E-state index in [1.807, 2.05) is 20.8 Å². The molecule has 0 fully saturated rings. The van der Waals surface area contributed by atoms with Crippen molar-refractivity contribution in [2.24, 2.45) is 5.92 Å². The normalized spacial score (nSPS) is 10.9. The maximum Gasteiger partial charge on any atom is 0.304 e. The number of carbonyl (C=O) groups is 1. The predicted octanol–water partition coefficient (Wildman–Crippen LogP) is 2.40. The number of ether oxygens (including phenoxy) is 1. The second-order valence-electron chi connectivity index (χ2n) is 4.27. The van der Waals surface area contributed by atoms with Gasteiger partial charge in [-0.1, -0.05) is 13.8 Å². The number of nitrogens with zero attached hydrogens (tertiary/aromatic N) is 2. The molecule has 0 bridgehead atoms. The van der Waals surface area contributed by atoms with Crippen molar-refractivity contribution in [2.45, 2.75) is 33.6 Å². The topological polar surface area (TPSA) is 55.6 Å². The van der Waals surface area contributed by atoms with Crippen LogP contribution >= 0.6 is 0 Å². The molecule has 18 heavy (non-hydrogen) atoms. The van der Waals surface area contributed by atoms with Crippen molar-refractivity contribution in [1.29, 1.82) is 0 Å². The molecule has 1 amide bonds. The standard InChI is InChI=1S/C13H22N2O3/c1-5-11(6-2)12(16)15(7-8-17-4)13-14-10(3)9-18-13/h9,11H,5-8H2,1-4H3. The Morgan fingerprint density at radius 2 is 2.17 bits per heavy atom. The van der Waals surface area contributed by atoms with E-state index in [-0.39, 0.29) is 11.8 Å². The largest absolute Gasteiger partial charge is 0.431 e. The fourth-order valence-electron chi connectivity index (χ4n) is 1.81. The van der Waals surface area contributed by atoms with E-state index in [0.29, 0.717) is 19.2 Å². The third-order valence-corrected chi connectivity index (χ3v) is 2.96. The van der Waals surface area contributed by atoms with Crippen molar-refractivity contribution in [3.63, 3.8) is 0 Å². The number of hydrogen-bond donors (Lipinski definition) is 0. The smallest absolute Gasteiger partial charge is 0.304 e. The molecule has 0 saturated heterocycles. The number of methoxy groups -OCH3 is 1. The van der Waals surface area contributed by atoms with Gasteiger partial charge in [0, 0.05) is 13.0 Å². The summed E-state index contributed by atoms with van der Waals surface area (Å²) in [5, 5.41) is 0. The molecule has 1 aromatic rings. The van der Waals surface area contributed by atoms with Crippen molar-refractivity contribution >= 4 is 11.9 Å². The lowest BCUT2D eigenvalue weighted by molar-refractivity contribution is -0.123. The number of amides is 1. The highest BCUT2D eigenvalue weighted by atomic mass is 16.5. The molecule has 0 aliphatic carbocycles. The van der Waals surface area contributed by atoms with E-state index in [2.05, 4.69) is 4.98 Å². The average molecular weight is 254 g/mol. The van der Waals surface area contributed by atoms with Crippen molar-refractivity contribution in [3.8, 4) is 0 Å². The van der Waals surface area contributed by atoms with Crippen LogP contribution in [0.25, 0.3) is 0 Å².